The van der Waals surface area contributed by atoms with Crippen LogP contribution in [0.5, 0.6) is 0 Å². The first-order valence-corrected chi connectivity index (χ1v) is 3.66. The van der Waals surface area contributed by atoms with E-state index in [4.69, 9.17) is 14.2 Å². The number of ether oxygens (including phenoxy) is 3. The van der Waals surface area contributed by atoms with Gasteiger partial charge in [-0.1, -0.05) is 0 Å². The molecule has 0 bridgehead atoms. The van der Waals surface area contributed by atoms with E-state index in [1.165, 1.54) is 0 Å². The van der Waals surface area contributed by atoms with E-state index in [0.29, 0.717) is 6.61 Å². The van der Waals surface area contributed by atoms with E-state index in [1.54, 1.807) is 0 Å². The van der Waals surface area contributed by atoms with Crippen LogP contribution < -0.4 is 0 Å². The summed E-state index contributed by atoms with van der Waals surface area (Å²) in [6.45, 7) is 6.06. The Balaban J connectivity index is 2.27. The van der Waals surface area contributed by atoms with Gasteiger partial charge in [0.25, 0.3) is 6.48 Å². The smallest absolute Gasteiger partial charge is 0.272 e. The predicted octanol–water partition coefficient (Wildman–Crippen LogP) is 1.13. The summed E-state index contributed by atoms with van der Waals surface area (Å²) in [7, 11) is 0. The van der Waals surface area contributed by atoms with Crippen LogP contribution in [0.3, 0.4) is 0 Å². The molecule has 1 fully saturated rings. The minimum atomic E-state index is -0.435. The van der Waals surface area contributed by atoms with Crippen molar-refractivity contribution in [1.29, 1.82) is 0 Å². The van der Waals surface area contributed by atoms with E-state index in [1.807, 2.05) is 20.8 Å². The third-order valence-corrected chi connectivity index (χ3v) is 1.62. The first-order chi connectivity index (χ1) is 4.74. The van der Waals surface area contributed by atoms with Crippen LogP contribution in [0.1, 0.15) is 20.8 Å². The Labute approximate surface area is 61.3 Å². The van der Waals surface area contributed by atoms with Crippen molar-refractivity contribution in [3.8, 4) is 0 Å². The minimum Gasteiger partial charge on any atom is -0.330 e. The van der Waals surface area contributed by atoms with Gasteiger partial charge in [0.15, 0.2) is 0 Å². The molecule has 1 aliphatic heterocycles. The Hall–Kier alpha value is -0.120. The van der Waals surface area contributed by atoms with Gasteiger partial charge < -0.3 is 14.2 Å². The molecule has 2 atom stereocenters. The van der Waals surface area contributed by atoms with Crippen LogP contribution in [0.2, 0.25) is 0 Å². The van der Waals surface area contributed by atoms with Gasteiger partial charge in [-0.2, -0.15) is 0 Å². The van der Waals surface area contributed by atoms with Crippen LogP contribution in [-0.2, 0) is 14.2 Å². The van der Waals surface area contributed by atoms with Crippen molar-refractivity contribution in [3.05, 3.63) is 0 Å². The molecule has 1 aliphatic rings. The Morgan fingerprint density at radius 2 is 1.70 bits per heavy atom. The largest absolute Gasteiger partial charge is 0.330 e. The molecule has 0 aromatic rings. The van der Waals surface area contributed by atoms with Gasteiger partial charge in [0.2, 0.25) is 0 Å². The highest BCUT2D eigenvalue weighted by Gasteiger charge is 2.29. The standard InChI is InChI=1S/C7H14O3/c1-4-8-7-9-5(2)6(3)10-7/h5-7H,4H2,1-3H3. The monoisotopic (exact) mass is 146 g/mol. The van der Waals surface area contributed by atoms with Crippen LogP contribution in [-0.4, -0.2) is 25.3 Å². The van der Waals surface area contributed by atoms with Crippen LogP contribution in [0, 0.1) is 0 Å². The normalized spacial score (nSPS) is 40.5. The summed E-state index contributed by atoms with van der Waals surface area (Å²) in [4.78, 5) is 0. The van der Waals surface area contributed by atoms with Gasteiger partial charge in [0, 0.05) is 6.61 Å². The molecule has 0 aromatic heterocycles. The maximum atomic E-state index is 5.27. The second-order valence-corrected chi connectivity index (χ2v) is 2.43. The molecule has 0 saturated carbocycles. The molecule has 0 amide bonds. The molecule has 3 nitrogen and oxygen atoms in total. The zero-order valence-corrected chi connectivity index (χ0v) is 6.66. The van der Waals surface area contributed by atoms with E-state index in [2.05, 4.69) is 0 Å². The number of hydrogen-bond donors (Lipinski definition) is 0. The lowest BCUT2D eigenvalue weighted by Gasteiger charge is -2.07. The lowest BCUT2D eigenvalue weighted by molar-refractivity contribution is -0.238. The van der Waals surface area contributed by atoms with Crippen LogP contribution in [0.4, 0.5) is 0 Å². The fourth-order valence-electron chi connectivity index (χ4n) is 0.819. The Bertz CT molecular complexity index is 95.0. The first kappa shape index (κ1) is 7.98. The van der Waals surface area contributed by atoms with Crippen molar-refractivity contribution >= 4 is 0 Å². The molecule has 0 N–H and O–H groups in total. The molecular weight excluding hydrogens is 132 g/mol. The minimum absolute atomic E-state index is 0.150. The molecule has 1 rings (SSSR count). The summed E-state index contributed by atoms with van der Waals surface area (Å²) >= 11 is 0. The second-order valence-electron chi connectivity index (χ2n) is 2.43. The highest BCUT2D eigenvalue weighted by molar-refractivity contribution is 4.64. The van der Waals surface area contributed by atoms with E-state index in [0.717, 1.165) is 0 Å². The van der Waals surface area contributed by atoms with Gasteiger partial charge in [-0.25, -0.2) is 0 Å². The Kier molecular flexibility index (Phi) is 2.65. The van der Waals surface area contributed by atoms with E-state index < -0.39 is 6.48 Å². The van der Waals surface area contributed by atoms with Crippen molar-refractivity contribution in [2.75, 3.05) is 6.61 Å². The SMILES string of the molecule is CCOC1OC(C)C(C)O1. The maximum Gasteiger partial charge on any atom is 0.272 e. The maximum absolute atomic E-state index is 5.27. The predicted molar refractivity (Wildman–Crippen MR) is 36.5 cm³/mol. The fraction of sp³-hybridized carbons (Fsp3) is 1.00. The summed E-state index contributed by atoms with van der Waals surface area (Å²) in [6, 6.07) is 0. The van der Waals surface area contributed by atoms with Gasteiger partial charge in [-0.15, -0.1) is 0 Å². The van der Waals surface area contributed by atoms with Gasteiger partial charge in [-0.05, 0) is 20.8 Å². The van der Waals surface area contributed by atoms with Gasteiger partial charge in [-0.3, -0.25) is 0 Å². The average molecular weight is 146 g/mol. The molecule has 60 valence electrons. The molecule has 3 heteroatoms. The van der Waals surface area contributed by atoms with Gasteiger partial charge in [0.05, 0.1) is 12.2 Å². The Morgan fingerprint density at radius 1 is 1.20 bits per heavy atom. The van der Waals surface area contributed by atoms with Crippen LogP contribution in [0.25, 0.3) is 0 Å². The van der Waals surface area contributed by atoms with Crippen molar-refractivity contribution in [2.24, 2.45) is 0 Å². The van der Waals surface area contributed by atoms with Crippen molar-refractivity contribution in [2.45, 2.75) is 39.5 Å². The third kappa shape index (κ3) is 1.68. The highest BCUT2D eigenvalue weighted by atomic mass is 16.9. The van der Waals surface area contributed by atoms with Crippen molar-refractivity contribution in [1.82, 2.24) is 0 Å². The molecule has 0 spiro atoms. The van der Waals surface area contributed by atoms with Crippen LogP contribution in [0.15, 0.2) is 0 Å². The summed E-state index contributed by atoms with van der Waals surface area (Å²) < 4.78 is 15.6. The lowest BCUT2D eigenvalue weighted by atomic mass is 10.3. The Morgan fingerprint density at radius 3 is 2.10 bits per heavy atom. The zero-order valence-electron chi connectivity index (χ0n) is 6.66. The van der Waals surface area contributed by atoms with E-state index >= 15 is 0 Å². The van der Waals surface area contributed by atoms with Crippen molar-refractivity contribution < 1.29 is 14.2 Å². The topological polar surface area (TPSA) is 27.7 Å². The molecule has 0 aliphatic carbocycles. The number of rotatable bonds is 2. The number of hydrogen-bond acceptors (Lipinski definition) is 3. The van der Waals surface area contributed by atoms with Gasteiger partial charge in [0.1, 0.15) is 0 Å². The molecule has 1 saturated heterocycles. The molecule has 1 heterocycles. The van der Waals surface area contributed by atoms with E-state index in [-0.39, 0.29) is 12.2 Å². The molecule has 0 radical (unpaired) electrons. The fourth-order valence-corrected chi connectivity index (χ4v) is 0.819. The molecule has 0 aromatic carbocycles. The lowest BCUT2D eigenvalue weighted by Crippen LogP contribution is -2.13. The van der Waals surface area contributed by atoms with Gasteiger partial charge >= 0.3 is 0 Å². The summed E-state index contributed by atoms with van der Waals surface area (Å²) in [5.41, 5.74) is 0. The zero-order chi connectivity index (χ0) is 7.56. The van der Waals surface area contributed by atoms with E-state index in [9.17, 15) is 0 Å². The summed E-state index contributed by atoms with van der Waals surface area (Å²) in [5.74, 6) is 0. The third-order valence-electron chi connectivity index (χ3n) is 1.62. The summed E-state index contributed by atoms with van der Waals surface area (Å²) in [5, 5.41) is 0. The molecule has 10 heavy (non-hydrogen) atoms. The van der Waals surface area contributed by atoms with Crippen molar-refractivity contribution in [3.63, 3.8) is 0 Å². The molecular formula is C7H14O3. The van der Waals surface area contributed by atoms with Crippen LogP contribution >= 0.6 is 0 Å². The highest BCUT2D eigenvalue weighted by Crippen LogP contribution is 2.18. The average Bonchev–Trinajstić information content (AvgIpc) is 2.14. The second kappa shape index (κ2) is 3.32. The molecule has 2 unspecified atom stereocenters. The first-order valence-electron chi connectivity index (χ1n) is 3.66. The quantitative estimate of drug-likeness (QED) is 0.584. The summed E-state index contributed by atoms with van der Waals surface area (Å²) in [6.07, 6.45) is 0.299.